The zero-order valence-electron chi connectivity index (χ0n) is 25.7. The smallest absolute Gasteiger partial charge is 0.248 e. The minimum atomic E-state index is -1.14. The van der Waals surface area contributed by atoms with Gasteiger partial charge in [-0.3, -0.25) is 14.4 Å². The SMILES string of the molecule is C=CCN(CCCCC)C(=O)C1N([C@@H](CO)Cc2ccccc2)C(=O)[C@@H]2[C@@H](C(=O)N(CC=C)CCC)[C@@]3(C)CCC12O3. The highest BCUT2D eigenvalue weighted by Crippen LogP contribution is 2.64. The molecule has 0 aliphatic carbocycles. The number of carbonyl (C=O) groups excluding carboxylic acids is 3. The Hall–Kier alpha value is -2.97. The summed E-state index contributed by atoms with van der Waals surface area (Å²) in [6.45, 7) is 15.3. The summed E-state index contributed by atoms with van der Waals surface area (Å²) < 4.78 is 6.85. The van der Waals surface area contributed by atoms with E-state index in [0.29, 0.717) is 45.4 Å². The van der Waals surface area contributed by atoms with E-state index in [2.05, 4.69) is 20.1 Å². The second-order valence-corrected chi connectivity index (χ2v) is 12.4. The van der Waals surface area contributed by atoms with Gasteiger partial charge in [0.1, 0.15) is 11.6 Å². The van der Waals surface area contributed by atoms with E-state index in [0.717, 1.165) is 31.2 Å². The van der Waals surface area contributed by atoms with Gasteiger partial charge in [0.15, 0.2) is 0 Å². The van der Waals surface area contributed by atoms with E-state index in [1.807, 2.05) is 44.2 Å². The molecule has 0 aromatic heterocycles. The fourth-order valence-electron chi connectivity index (χ4n) is 7.64. The van der Waals surface area contributed by atoms with Crippen LogP contribution in [0.5, 0.6) is 0 Å². The van der Waals surface area contributed by atoms with Crippen molar-refractivity contribution in [1.82, 2.24) is 14.7 Å². The highest BCUT2D eigenvalue weighted by Gasteiger charge is 2.78. The lowest BCUT2D eigenvalue weighted by Crippen LogP contribution is -2.59. The summed E-state index contributed by atoms with van der Waals surface area (Å²) in [7, 11) is 0. The lowest BCUT2D eigenvalue weighted by Gasteiger charge is -2.39. The lowest BCUT2D eigenvalue weighted by atomic mass is 9.66. The molecule has 3 fully saturated rings. The molecule has 1 aromatic carbocycles. The van der Waals surface area contributed by atoms with E-state index in [9.17, 15) is 19.5 Å². The number of unbranched alkanes of at least 4 members (excludes halogenated alkanes) is 2. The zero-order valence-corrected chi connectivity index (χ0v) is 25.7. The molecule has 0 radical (unpaired) electrons. The van der Waals surface area contributed by atoms with Crippen molar-refractivity contribution in [3.05, 3.63) is 61.2 Å². The van der Waals surface area contributed by atoms with Crippen LogP contribution in [0.1, 0.15) is 64.9 Å². The molecule has 3 saturated heterocycles. The average molecular weight is 580 g/mol. The fourth-order valence-corrected chi connectivity index (χ4v) is 7.64. The number of aliphatic hydroxyl groups is 1. The lowest BCUT2D eigenvalue weighted by molar-refractivity contribution is -0.156. The van der Waals surface area contributed by atoms with Crippen LogP contribution in [0.3, 0.4) is 0 Å². The third-order valence-electron chi connectivity index (χ3n) is 9.48. The Morgan fingerprint density at radius 1 is 1.05 bits per heavy atom. The maximum Gasteiger partial charge on any atom is 0.248 e. The van der Waals surface area contributed by atoms with Crippen LogP contribution in [0.25, 0.3) is 0 Å². The van der Waals surface area contributed by atoms with Crippen molar-refractivity contribution in [2.75, 3.05) is 32.8 Å². The van der Waals surface area contributed by atoms with Gasteiger partial charge in [0.05, 0.1) is 30.1 Å². The average Bonchev–Trinajstić information content (AvgIpc) is 3.56. The third-order valence-corrected chi connectivity index (χ3v) is 9.48. The predicted octanol–water partition coefficient (Wildman–Crippen LogP) is 3.98. The topological polar surface area (TPSA) is 90.4 Å². The van der Waals surface area contributed by atoms with Gasteiger partial charge < -0.3 is 24.5 Å². The van der Waals surface area contributed by atoms with Gasteiger partial charge >= 0.3 is 0 Å². The largest absolute Gasteiger partial charge is 0.394 e. The van der Waals surface area contributed by atoms with E-state index in [4.69, 9.17) is 4.74 Å². The van der Waals surface area contributed by atoms with Crippen molar-refractivity contribution in [2.45, 2.75) is 89.0 Å². The summed E-state index contributed by atoms with van der Waals surface area (Å²) in [5.74, 6) is -2.10. The van der Waals surface area contributed by atoms with Crippen LogP contribution >= 0.6 is 0 Å². The third kappa shape index (κ3) is 5.68. The fraction of sp³-hybridized carbons (Fsp3) is 0.618. The van der Waals surface area contributed by atoms with Crippen molar-refractivity contribution in [3.8, 4) is 0 Å². The molecular weight excluding hydrogens is 530 g/mol. The number of fused-ring (bicyclic) bond motifs is 1. The molecule has 42 heavy (non-hydrogen) atoms. The molecule has 3 aliphatic heterocycles. The van der Waals surface area contributed by atoms with Gasteiger partial charge in [-0.25, -0.2) is 0 Å². The number of amides is 3. The standard InChI is InChI=1S/C34H49N3O5/c1-6-10-14-22-36(21-9-4)32(41)29-34-18-17-33(5,42-34)27(30(39)35(19-7-2)20-8-3)28(34)31(40)37(29)26(24-38)23-25-15-12-11-13-16-25/h7,9,11-13,15-16,26-29,38H,2,4,6,8,10,14,17-24H2,1,3,5H3/t26-,27+,28+,29?,33-,34?/m1/s1. The van der Waals surface area contributed by atoms with Crippen LogP contribution in [-0.2, 0) is 25.5 Å². The molecule has 0 saturated carbocycles. The molecule has 3 amide bonds. The van der Waals surface area contributed by atoms with Crippen molar-refractivity contribution in [3.63, 3.8) is 0 Å². The Morgan fingerprint density at radius 3 is 2.31 bits per heavy atom. The van der Waals surface area contributed by atoms with Crippen LogP contribution in [0.4, 0.5) is 0 Å². The molecule has 6 atom stereocenters. The number of hydrogen-bond donors (Lipinski definition) is 1. The predicted molar refractivity (Wildman–Crippen MR) is 163 cm³/mol. The van der Waals surface area contributed by atoms with Crippen molar-refractivity contribution < 1.29 is 24.2 Å². The Balaban J connectivity index is 1.80. The Bertz CT molecular complexity index is 1140. The number of rotatable bonds is 16. The van der Waals surface area contributed by atoms with E-state index in [-0.39, 0.29) is 24.3 Å². The number of nitrogens with zero attached hydrogens (tertiary/aromatic N) is 3. The number of ether oxygens (including phenoxy) is 1. The first-order chi connectivity index (χ1) is 20.2. The number of carbonyl (C=O) groups is 3. The molecule has 230 valence electrons. The second kappa shape index (κ2) is 13.6. The molecule has 4 rings (SSSR count). The Morgan fingerprint density at radius 2 is 1.71 bits per heavy atom. The second-order valence-electron chi connectivity index (χ2n) is 12.4. The molecule has 8 nitrogen and oxygen atoms in total. The van der Waals surface area contributed by atoms with Gasteiger partial charge in [0.25, 0.3) is 0 Å². The van der Waals surface area contributed by atoms with Gasteiger partial charge in [-0.2, -0.15) is 0 Å². The first kappa shape index (κ1) is 32.0. The highest BCUT2D eigenvalue weighted by atomic mass is 16.5. The Labute approximate surface area is 251 Å². The molecule has 1 spiro atoms. The first-order valence-corrected chi connectivity index (χ1v) is 15.7. The number of benzene rings is 1. The van der Waals surface area contributed by atoms with Crippen LogP contribution in [-0.4, -0.2) is 93.6 Å². The normalized spacial score (nSPS) is 28.4. The maximum atomic E-state index is 14.7. The van der Waals surface area contributed by atoms with Crippen LogP contribution in [0, 0.1) is 11.8 Å². The molecule has 2 bridgehead atoms. The number of likely N-dealkylation sites (tertiary alicyclic amines) is 1. The van der Waals surface area contributed by atoms with E-state index in [1.165, 1.54) is 0 Å². The van der Waals surface area contributed by atoms with Gasteiger partial charge in [-0.15, -0.1) is 13.2 Å². The molecule has 2 unspecified atom stereocenters. The van der Waals surface area contributed by atoms with E-state index in [1.54, 1.807) is 26.9 Å². The number of aliphatic hydroxyl groups excluding tert-OH is 1. The van der Waals surface area contributed by atoms with Gasteiger partial charge in [0.2, 0.25) is 17.7 Å². The Kier molecular flexibility index (Phi) is 10.3. The summed E-state index contributed by atoms with van der Waals surface area (Å²) in [5, 5.41) is 10.7. The van der Waals surface area contributed by atoms with Crippen LogP contribution in [0.2, 0.25) is 0 Å². The number of hydrogen-bond acceptors (Lipinski definition) is 5. The molecule has 3 heterocycles. The first-order valence-electron chi connectivity index (χ1n) is 15.7. The maximum absolute atomic E-state index is 14.7. The van der Waals surface area contributed by atoms with Gasteiger partial charge in [-0.05, 0) is 44.6 Å². The van der Waals surface area contributed by atoms with Crippen molar-refractivity contribution >= 4 is 17.7 Å². The minimum absolute atomic E-state index is 0.123. The molecule has 3 aliphatic rings. The monoisotopic (exact) mass is 579 g/mol. The zero-order chi connectivity index (χ0) is 30.5. The summed E-state index contributed by atoms with van der Waals surface area (Å²) in [5.41, 5.74) is -1.03. The van der Waals surface area contributed by atoms with Crippen LogP contribution < -0.4 is 0 Å². The summed E-state index contributed by atoms with van der Waals surface area (Å²) in [6, 6.07) is 8.12. The molecule has 1 N–H and O–H groups in total. The molecule has 1 aromatic rings. The quantitative estimate of drug-likeness (QED) is 0.236. The molecular formula is C34H49N3O5. The van der Waals surface area contributed by atoms with Gasteiger partial charge in [0, 0.05) is 26.2 Å². The molecule has 8 heteroatoms. The highest BCUT2D eigenvalue weighted by molar-refractivity contribution is 5.99. The van der Waals surface area contributed by atoms with E-state index < -0.39 is 35.1 Å². The van der Waals surface area contributed by atoms with Crippen molar-refractivity contribution in [1.29, 1.82) is 0 Å². The summed E-state index contributed by atoms with van der Waals surface area (Å²) in [4.78, 5) is 48.6. The van der Waals surface area contributed by atoms with E-state index >= 15 is 0 Å². The summed E-state index contributed by atoms with van der Waals surface area (Å²) >= 11 is 0. The van der Waals surface area contributed by atoms with Gasteiger partial charge in [-0.1, -0.05) is 69.2 Å². The van der Waals surface area contributed by atoms with Crippen molar-refractivity contribution in [2.24, 2.45) is 11.8 Å². The van der Waals surface area contributed by atoms with Crippen LogP contribution in [0.15, 0.2) is 55.6 Å². The minimum Gasteiger partial charge on any atom is -0.394 e. The summed E-state index contributed by atoms with van der Waals surface area (Å²) in [6.07, 6.45) is 8.52.